The van der Waals surface area contributed by atoms with Crippen LogP contribution >= 0.6 is 0 Å². The van der Waals surface area contributed by atoms with E-state index in [4.69, 9.17) is 0 Å². The number of hydrogen-bond donors (Lipinski definition) is 3. The van der Waals surface area contributed by atoms with Gasteiger partial charge in [0, 0.05) is 6.42 Å². The van der Waals surface area contributed by atoms with Gasteiger partial charge in [-0.05, 0) is 57.8 Å². The van der Waals surface area contributed by atoms with Crippen LogP contribution in [0.25, 0.3) is 0 Å². The van der Waals surface area contributed by atoms with Crippen molar-refractivity contribution in [2.24, 2.45) is 0 Å². The molecule has 0 rings (SSSR count). The van der Waals surface area contributed by atoms with Crippen molar-refractivity contribution in [1.29, 1.82) is 0 Å². The van der Waals surface area contributed by atoms with Crippen LogP contribution in [-0.4, -0.2) is 34.9 Å². The summed E-state index contributed by atoms with van der Waals surface area (Å²) in [4.78, 5) is 12.1. The summed E-state index contributed by atoms with van der Waals surface area (Å²) in [5, 5.41) is 22.4. The van der Waals surface area contributed by atoms with E-state index in [1.165, 1.54) is 12.8 Å². The zero-order valence-corrected chi connectivity index (χ0v) is 23.3. The predicted octanol–water partition coefficient (Wildman–Crippen LogP) is 7.89. The Morgan fingerprint density at radius 3 is 1.78 bits per heavy atom. The molecule has 0 saturated carbocycles. The minimum atomic E-state index is -0.665. The molecule has 4 nitrogen and oxygen atoms in total. The first kappa shape index (κ1) is 34.1. The van der Waals surface area contributed by atoms with Crippen LogP contribution in [0.4, 0.5) is 0 Å². The summed E-state index contributed by atoms with van der Waals surface area (Å²) in [6.45, 7) is 4.06. The number of hydrogen-bond acceptors (Lipinski definition) is 3. The van der Waals surface area contributed by atoms with E-state index >= 15 is 0 Å². The summed E-state index contributed by atoms with van der Waals surface area (Å²) in [7, 11) is 0. The quantitative estimate of drug-likeness (QED) is 0.0930. The number of aliphatic hydroxyl groups excluding tert-OH is 2. The molecule has 0 aliphatic carbocycles. The first-order valence-electron chi connectivity index (χ1n) is 14.5. The molecule has 2 atom stereocenters. The highest BCUT2D eigenvalue weighted by atomic mass is 16.3. The standard InChI is InChI=1S/C32H55NO3/c1-3-5-7-8-9-10-11-12-13-14-15-16-17-18-19-20-21-22-23-24-26-28-32(36)33-30(29-34)31(35)27-25-6-4-2/h5,7,9-10,12-13,15-16,18-19,30-31,34-35H,3-4,6,8,11,14,17,20-29H2,1-2H3,(H,33,36)/b7-5-,10-9-,13-12-,16-15-,19-18-. The van der Waals surface area contributed by atoms with Crippen molar-refractivity contribution in [3.63, 3.8) is 0 Å². The summed E-state index contributed by atoms with van der Waals surface area (Å²) >= 11 is 0. The molecule has 1 amide bonds. The van der Waals surface area contributed by atoms with Gasteiger partial charge in [-0.3, -0.25) is 4.79 Å². The third-order valence-electron chi connectivity index (χ3n) is 6.04. The lowest BCUT2D eigenvalue weighted by atomic mass is 10.0. The number of rotatable bonds is 24. The van der Waals surface area contributed by atoms with Crippen molar-refractivity contribution in [3.05, 3.63) is 60.8 Å². The maximum Gasteiger partial charge on any atom is 0.220 e. The van der Waals surface area contributed by atoms with E-state index in [1.54, 1.807) is 0 Å². The zero-order chi connectivity index (χ0) is 26.5. The number of nitrogens with one attached hydrogen (secondary N) is 1. The Hall–Kier alpha value is -1.91. The number of carbonyl (C=O) groups excluding carboxylic acids is 1. The van der Waals surface area contributed by atoms with E-state index < -0.39 is 12.1 Å². The average Bonchev–Trinajstić information content (AvgIpc) is 2.88. The molecule has 206 valence electrons. The number of unbranched alkanes of at least 4 members (excludes halogenated alkanes) is 7. The molecular formula is C32H55NO3. The summed E-state index contributed by atoms with van der Waals surface area (Å²) in [5.74, 6) is -0.0672. The van der Waals surface area contributed by atoms with Crippen LogP contribution in [0.1, 0.15) is 117 Å². The second-order valence-electron chi connectivity index (χ2n) is 9.43. The fourth-order valence-corrected chi connectivity index (χ4v) is 3.79. The maximum atomic E-state index is 12.1. The Morgan fingerprint density at radius 2 is 1.22 bits per heavy atom. The molecule has 0 aromatic heterocycles. The van der Waals surface area contributed by atoms with E-state index in [2.05, 4.69) is 79.9 Å². The lowest BCUT2D eigenvalue weighted by molar-refractivity contribution is -0.123. The number of carbonyl (C=O) groups is 1. The highest BCUT2D eigenvalue weighted by Gasteiger charge is 2.19. The molecule has 0 radical (unpaired) electrons. The van der Waals surface area contributed by atoms with Gasteiger partial charge in [-0.25, -0.2) is 0 Å². The van der Waals surface area contributed by atoms with Gasteiger partial charge in [-0.1, -0.05) is 113 Å². The maximum absolute atomic E-state index is 12.1. The molecule has 0 bridgehead atoms. The van der Waals surface area contributed by atoms with Crippen molar-refractivity contribution >= 4 is 5.91 Å². The molecule has 0 fully saturated rings. The van der Waals surface area contributed by atoms with E-state index in [-0.39, 0.29) is 12.5 Å². The average molecular weight is 502 g/mol. The van der Waals surface area contributed by atoms with Gasteiger partial charge in [-0.15, -0.1) is 0 Å². The lowest BCUT2D eigenvalue weighted by Crippen LogP contribution is -2.45. The first-order chi connectivity index (χ1) is 17.7. The fourth-order valence-electron chi connectivity index (χ4n) is 3.79. The minimum absolute atomic E-state index is 0.0672. The van der Waals surface area contributed by atoms with Crippen LogP contribution in [0.15, 0.2) is 60.8 Å². The third kappa shape index (κ3) is 23.8. The largest absolute Gasteiger partial charge is 0.394 e. The molecule has 0 aromatic carbocycles. The molecule has 36 heavy (non-hydrogen) atoms. The van der Waals surface area contributed by atoms with Crippen molar-refractivity contribution in [1.82, 2.24) is 5.32 Å². The summed E-state index contributed by atoms with van der Waals surface area (Å²) in [6.07, 6.45) is 37.4. The first-order valence-corrected chi connectivity index (χ1v) is 14.5. The van der Waals surface area contributed by atoms with Crippen LogP contribution in [-0.2, 0) is 4.79 Å². The predicted molar refractivity (Wildman–Crippen MR) is 156 cm³/mol. The molecular weight excluding hydrogens is 446 g/mol. The number of aliphatic hydroxyl groups is 2. The van der Waals surface area contributed by atoms with Crippen molar-refractivity contribution < 1.29 is 15.0 Å². The normalized spacial score (nSPS) is 14.2. The van der Waals surface area contributed by atoms with Crippen molar-refractivity contribution in [3.8, 4) is 0 Å². The molecule has 0 aliphatic heterocycles. The second-order valence-corrected chi connectivity index (χ2v) is 9.43. The minimum Gasteiger partial charge on any atom is -0.394 e. The van der Waals surface area contributed by atoms with Gasteiger partial charge >= 0.3 is 0 Å². The van der Waals surface area contributed by atoms with Gasteiger partial charge in [0.25, 0.3) is 0 Å². The summed E-state index contributed by atoms with van der Waals surface area (Å²) in [6, 6.07) is -0.544. The molecule has 0 heterocycles. The second kappa shape index (κ2) is 27.7. The molecule has 0 spiro atoms. The van der Waals surface area contributed by atoms with Crippen LogP contribution in [0.2, 0.25) is 0 Å². The molecule has 0 aromatic rings. The van der Waals surface area contributed by atoms with Crippen LogP contribution < -0.4 is 5.32 Å². The van der Waals surface area contributed by atoms with Gasteiger partial charge in [-0.2, -0.15) is 0 Å². The third-order valence-corrected chi connectivity index (χ3v) is 6.04. The lowest BCUT2D eigenvalue weighted by Gasteiger charge is -2.22. The molecule has 4 heteroatoms. The smallest absolute Gasteiger partial charge is 0.220 e. The number of allylic oxidation sites excluding steroid dienone is 10. The Balaban J connectivity index is 3.62. The van der Waals surface area contributed by atoms with Gasteiger partial charge in [0.05, 0.1) is 18.8 Å². The van der Waals surface area contributed by atoms with Crippen LogP contribution in [0.3, 0.4) is 0 Å². The Bertz CT molecular complexity index is 633. The Kier molecular flexibility index (Phi) is 26.2. The molecule has 2 unspecified atom stereocenters. The highest BCUT2D eigenvalue weighted by molar-refractivity contribution is 5.76. The fraction of sp³-hybridized carbons (Fsp3) is 0.656. The van der Waals surface area contributed by atoms with Crippen LogP contribution in [0.5, 0.6) is 0 Å². The molecule has 3 N–H and O–H groups in total. The van der Waals surface area contributed by atoms with E-state index in [0.717, 1.165) is 77.0 Å². The SMILES string of the molecule is CC/C=C\C/C=C\C/C=C\C/C=C\C/C=C\CCCCCCCC(=O)NC(CO)C(O)CCCCC. The topological polar surface area (TPSA) is 69.6 Å². The van der Waals surface area contributed by atoms with Gasteiger partial charge in [0.15, 0.2) is 0 Å². The van der Waals surface area contributed by atoms with Gasteiger partial charge in [0.1, 0.15) is 0 Å². The van der Waals surface area contributed by atoms with E-state index in [9.17, 15) is 15.0 Å². The van der Waals surface area contributed by atoms with Crippen molar-refractivity contribution in [2.45, 2.75) is 129 Å². The summed E-state index contributed by atoms with van der Waals surface area (Å²) < 4.78 is 0. The Labute approximate surface area is 222 Å². The summed E-state index contributed by atoms with van der Waals surface area (Å²) in [5.41, 5.74) is 0. The highest BCUT2D eigenvalue weighted by Crippen LogP contribution is 2.10. The molecule has 0 saturated heterocycles. The van der Waals surface area contributed by atoms with Gasteiger partial charge < -0.3 is 15.5 Å². The van der Waals surface area contributed by atoms with Gasteiger partial charge in [0.2, 0.25) is 5.91 Å². The van der Waals surface area contributed by atoms with E-state index in [0.29, 0.717) is 12.8 Å². The zero-order valence-electron chi connectivity index (χ0n) is 23.3. The molecule has 0 aliphatic rings. The monoisotopic (exact) mass is 501 g/mol. The van der Waals surface area contributed by atoms with Crippen LogP contribution in [0, 0.1) is 0 Å². The Morgan fingerprint density at radius 1 is 0.694 bits per heavy atom. The number of amides is 1. The van der Waals surface area contributed by atoms with E-state index in [1.807, 2.05) is 0 Å². The van der Waals surface area contributed by atoms with Crippen molar-refractivity contribution in [2.75, 3.05) is 6.61 Å².